The maximum absolute atomic E-state index is 12.8. The molecular weight excluding hydrogens is 310 g/mol. The minimum atomic E-state index is -0.282. The molecule has 2 aliphatic heterocycles. The molecule has 0 radical (unpaired) electrons. The number of methoxy groups -OCH3 is 1. The molecule has 24 heavy (non-hydrogen) atoms. The van der Waals surface area contributed by atoms with Gasteiger partial charge in [-0.3, -0.25) is 9.59 Å². The zero-order valence-electron chi connectivity index (χ0n) is 14.0. The Morgan fingerprint density at radius 2 is 1.83 bits per heavy atom. The molecule has 1 aromatic rings. The number of hydrogen-bond acceptors (Lipinski definition) is 4. The fraction of sp³-hybridized carbons (Fsp3) is 0.529. The van der Waals surface area contributed by atoms with Gasteiger partial charge < -0.3 is 19.6 Å². The van der Waals surface area contributed by atoms with E-state index in [-0.39, 0.29) is 30.9 Å². The van der Waals surface area contributed by atoms with Gasteiger partial charge >= 0.3 is 0 Å². The Bertz CT molecular complexity index is 596. The minimum Gasteiger partial charge on any atom is -0.497 e. The van der Waals surface area contributed by atoms with Crippen molar-refractivity contribution in [2.45, 2.75) is 12.5 Å². The number of nitrogens with zero attached hydrogens (tertiary/aromatic N) is 1. The van der Waals surface area contributed by atoms with Gasteiger partial charge in [-0.15, -0.1) is 0 Å². The third-order valence-corrected chi connectivity index (χ3v) is 5.03. The van der Waals surface area contributed by atoms with Crippen molar-refractivity contribution in [3.05, 3.63) is 24.3 Å². The van der Waals surface area contributed by atoms with Gasteiger partial charge in [-0.2, -0.15) is 0 Å². The number of nitrogens with one attached hydrogen (secondary N) is 2. The molecule has 1 atom stereocenters. The summed E-state index contributed by atoms with van der Waals surface area (Å²) in [5.41, 5.74) is 0.609. The fourth-order valence-electron chi connectivity index (χ4n) is 3.63. The van der Waals surface area contributed by atoms with Crippen LogP contribution in [0.2, 0.25) is 0 Å². The van der Waals surface area contributed by atoms with Crippen LogP contribution >= 0.6 is 0 Å². The number of quaternary nitrogens is 2. The lowest BCUT2D eigenvalue weighted by molar-refractivity contribution is -1.02. The van der Waals surface area contributed by atoms with Crippen molar-refractivity contribution in [3.8, 4) is 5.75 Å². The lowest BCUT2D eigenvalue weighted by Crippen LogP contribution is -3.30. The number of hydrogen-bond donors (Lipinski definition) is 3. The monoisotopic (exact) mass is 335 g/mol. The molecule has 7 nitrogen and oxygen atoms in total. The molecule has 2 amide bonds. The maximum Gasteiger partial charge on any atom is 0.292 e. The lowest BCUT2D eigenvalue weighted by Gasteiger charge is -2.31. The third-order valence-electron chi connectivity index (χ3n) is 5.03. The molecular formula is C17H25N3O4+2. The topological polar surface area (TPSA) is 75.7 Å². The highest BCUT2D eigenvalue weighted by Crippen LogP contribution is 2.24. The first-order valence-electron chi connectivity index (χ1n) is 8.44. The zero-order valence-corrected chi connectivity index (χ0v) is 14.0. The zero-order chi connectivity index (χ0) is 17.1. The number of carbonyl (C=O) groups excluding carboxylic acids is 2. The highest BCUT2D eigenvalue weighted by Gasteiger charge is 2.46. The number of aliphatic hydroxyl groups is 1. The van der Waals surface area contributed by atoms with Gasteiger partial charge in [0.15, 0.2) is 6.04 Å². The van der Waals surface area contributed by atoms with Gasteiger partial charge in [-0.25, -0.2) is 4.90 Å². The Hall–Kier alpha value is -1.96. The summed E-state index contributed by atoms with van der Waals surface area (Å²) in [7, 11) is 1.58. The van der Waals surface area contributed by atoms with Crippen LogP contribution in [0.3, 0.4) is 0 Å². The summed E-state index contributed by atoms with van der Waals surface area (Å²) in [6, 6.07) is 6.72. The van der Waals surface area contributed by atoms with Crippen LogP contribution in [0.1, 0.15) is 6.42 Å². The van der Waals surface area contributed by atoms with E-state index in [4.69, 9.17) is 9.84 Å². The maximum atomic E-state index is 12.8. The van der Waals surface area contributed by atoms with Crippen molar-refractivity contribution < 1.29 is 29.2 Å². The number of imide groups is 1. The van der Waals surface area contributed by atoms with Crippen LogP contribution in [-0.4, -0.2) is 69.4 Å². The molecule has 0 aliphatic carbocycles. The number of piperazine rings is 1. The van der Waals surface area contributed by atoms with Crippen molar-refractivity contribution in [1.29, 1.82) is 0 Å². The molecule has 0 spiro atoms. The van der Waals surface area contributed by atoms with Gasteiger partial charge in [0.05, 0.1) is 25.8 Å². The van der Waals surface area contributed by atoms with E-state index in [2.05, 4.69) is 0 Å². The normalized spacial score (nSPS) is 27.6. The first kappa shape index (κ1) is 16.9. The Balaban J connectivity index is 1.68. The van der Waals surface area contributed by atoms with Crippen molar-refractivity contribution in [2.24, 2.45) is 0 Å². The average Bonchev–Trinajstić information content (AvgIpc) is 2.90. The van der Waals surface area contributed by atoms with E-state index in [1.807, 2.05) is 0 Å². The van der Waals surface area contributed by atoms with Crippen LogP contribution < -0.4 is 19.4 Å². The van der Waals surface area contributed by atoms with Crippen LogP contribution in [0.5, 0.6) is 5.75 Å². The van der Waals surface area contributed by atoms with Gasteiger partial charge in [0.2, 0.25) is 5.91 Å². The van der Waals surface area contributed by atoms with E-state index in [1.54, 1.807) is 31.4 Å². The number of anilines is 1. The molecule has 2 aliphatic rings. The van der Waals surface area contributed by atoms with Crippen LogP contribution in [0.4, 0.5) is 5.69 Å². The van der Waals surface area contributed by atoms with Crippen molar-refractivity contribution in [1.82, 2.24) is 0 Å². The molecule has 1 unspecified atom stereocenters. The number of amides is 2. The summed E-state index contributed by atoms with van der Waals surface area (Å²) >= 11 is 0. The smallest absolute Gasteiger partial charge is 0.292 e. The largest absolute Gasteiger partial charge is 0.497 e. The first-order chi connectivity index (χ1) is 11.6. The van der Waals surface area contributed by atoms with Crippen LogP contribution in [0, 0.1) is 0 Å². The molecule has 7 heteroatoms. The van der Waals surface area contributed by atoms with E-state index < -0.39 is 0 Å². The second-order valence-corrected chi connectivity index (χ2v) is 6.40. The Kier molecular flexibility index (Phi) is 5.13. The van der Waals surface area contributed by atoms with Crippen LogP contribution in [0.15, 0.2) is 24.3 Å². The third kappa shape index (κ3) is 3.28. The number of ether oxygens (including phenoxy) is 1. The summed E-state index contributed by atoms with van der Waals surface area (Å²) in [4.78, 5) is 29.0. The van der Waals surface area contributed by atoms with Gasteiger partial charge in [0, 0.05) is 0 Å². The SMILES string of the molecule is COc1ccc(N2C(=O)CC([NH+]3CC[NH+](CCO)CC3)C2=O)cc1. The molecule has 3 N–H and O–H groups in total. The van der Waals surface area contributed by atoms with E-state index in [0.717, 1.165) is 32.7 Å². The van der Waals surface area contributed by atoms with Gasteiger partial charge in [-0.05, 0) is 24.3 Å². The second-order valence-electron chi connectivity index (χ2n) is 6.40. The number of benzene rings is 1. The van der Waals surface area contributed by atoms with E-state index >= 15 is 0 Å². The summed E-state index contributed by atoms with van der Waals surface area (Å²) < 4.78 is 5.12. The molecule has 3 rings (SSSR count). The molecule has 0 aromatic heterocycles. The molecule has 0 bridgehead atoms. The van der Waals surface area contributed by atoms with Crippen LogP contribution in [0.25, 0.3) is 0 Å². The van der Waals surface area contributed by atoms with E-state index in [0.29, 0.717) is 11.4 Å². The molecule has 2 fully saturated rings. The highest BCUT2D eigenvalue weighted by molar-refractivity contribution is 6.21. The van der Waals surface area contributed by atoms with Crippen molar-refractivity contribution in [3.63, 3.8) is 0 Å². The fourth-order valence-corrected chi connectivity index (χ4v) is 3.63. The predicted octanol–water partition coefficient (Wildman–Crippen LogP) is -2.90. The Labute approximate surface area is 141 Å². The molecule has 130 valence electrons. The second kappa shape index (κ2) is 7.29. The van der Waals surface area contributed by atoms with E-state index in [9.17, 15) is 9.59 Å². The summed E-state index contributed by atoms with van der Waals surface area (Å²) in [5, 5.41) is 9.03. The summed E-state index contributed by atoms with van der Waals surface area (Å²) in [6.45, 7) is 4.51. The first-order valence-corrected chi connectivity index (χ1v) is 8.44. The van der Waals surface area contributed by atoms with Gasteiger partial charge in [-0.1, -0.05) is 0 Å². The Morgan fingerprint density at radius 1 is 1.17 bits per heavy atom. The van der Waals surface area contributed by atoms with Crippen molar-refractivity contribution >= 4 is 17.5 Å². The van der Waals surface area contributed by atoms with E-state index in [1.165, 1.54) is 14.7 Å². The summed E-state index contributed by atoms with van der Waals surface area (Å²) in [5.74, 6) is 0.460. The van der Waals surface area contributed by atoms with Gasteiger partial charge in [0.25, 0.3) is 5.91 Å². The number of aliphatic hydroxyl groups excluding tert-OH is 1. The highest BCUT2D eigenvalue weighted by atomic mass is 16.5. The van der Waals surface area contributed by atoms with Crippen LogP contribution in [-0.2, 0) is 9.59 Å². The minimum absolute atomic E-state index is 0.106. The average molecular weight is 335 g/mol. The number of carbonyl (C=O) groups is 2. The lowest BCUT2D eigenvalue weighted by atomic mass is 10.1. The Morgan fingerprint density at radius 3 is 2.42 bits per heavy atom. The van der Waals surface area contributed by atoms with Crippen molar-refractivity contribution in [2.75, 3.05) is 51.3 Å². The standard InChI is InChI=1S/C17H23N3O4/c1-24-14-4-2-13(3-5-14)20-16(22)12-15(17(20)23)19-8-6-18(7-9-19)10-11-21/h2-5,15,21H,6-12H2,1H3/p+2. The molecule has 0 saturated carbocycles. The predicted molar refractivity (Wildman–Crippen MR) is 87.2 cm³/mol. The molecule has 2 heterocycles. The number of rotatable bonds is 5. The molecule has 1 aromatic carbocycles. The van der Waals surface area contributed by atoms with Gasteiger partial charge in [0.1, 0.15) is 38.5 Å². The molecule has 2 saturated heterocycles. The summed E-state index contributed by atoms with van der Waals surface area (Å²) in [6.07, 6.45) is 0.273. The quantitative estimate of drug-likeness (QED) is 0.505.